The molecule has 2 amide bonds. The van der Waals surface area contributed by atoms with Crippen LogP contribution in [-0.2, 0) is 19.1 Å². The molecule has 0 aromatic heterocycles. The molecular formula is C23H23NO5. The van der Waals surface area contributed by atoms with Gasteiger partial charge in [0, 0.05) is 5.56 Å². The fourth-order valence-corrected chi connectivity index (χ4v) is 5.63. The van der Waals surface area contributed by atoms with Gasteiger partial charge in [0.1, 0.15) is 6.04 Å². The molecule has 2 saturated carbocycles. The predicted molar refractivity (Wildman–Crippen MR) is 102 cm³/mol. The van der Waals surface area contributed by atoms with E-state index in [1.165, 1.54) is 13.8 Å². The number of amides is 2. The molecule has 0 spiro atoms. The molecule has 1 saturated heterocycles. The molecule has 29 heavy (non-hydrogen) atoms. The Morgan fingerprint density at radius 1 is 0.966 bits per heavy atom. The summed E-state index contributed by atoms with van der Waals surface area (Å²) >= 11 is 0. The highest BCUT2D eigenvalue weighted by molar-refractivity contribution is 6.09. The van der Waals surface area contributed by atoms with Crippen LogP contribution in [0.5, 0.6) is 0 Å². The van der Waals surface area contributed by atoms with E-state index in [1.807, 2.05) is 0 Å². The molecule has 1 heterocycles. The highest BCUT2D eigenvalue weighted by Gasteiger charge is 2.67. The summed E-state index contributed by atoms with van der Waals surface area (Å²) in [6, 6.07) is 7.54. The topological polar surface area (TPSA) is 80.8 Å². The van der Waals surface area contributed by atoms with E-state index in [2.05, 4.69) is 12.2 Å². The number of hydrogen-bond acceptors (Lipinski definition) is 5. The molecule has 1 aromatic carbocycles. The van der Waals surface area contributed by atoms with E-state index in [9.17, 15) is 19.2 Å². The first kappa shape index (κ1) is 18.3. The van der Waals surface area contributed by atoms with Crippen LogP contribution in [0.15, 0.2) is 42.5 Å². The number of imide groups is 1. The highest BCUT2D eigenvalue weighted by atomic mass is 16.5. The molecule has 5 aliphatic rings. The van der Waals surface area contributed by atoms with Gasteiger partial charge in [0.15, 0.2) is 6.10 Å². The van der Waals surface area contributed by atoms with Crippen LogP contribution in [0.25, 0.3) is 0 Å². The van der Waals surface area contributed by atoms with Crippen molar-refractivity contribution < 1.29 is 23.9 Å². The van der Waals surface area contributed by atoms with Crippen molar-refractivity contribution in [3.8, 4) is 0 Å². The van der Waals surface area contributed by atoms with Gasteiger partial charge in [0.25, 0.3) is 0 Å². The lowest BCUT2D eigenvalue weighted by Gasteiger charge is -2.37. The van der Waals surface area contributed by atoms with E-state index in [0.717, 1.165) is 11.3 Å². The Labute approximate surface area is 168 Å². The van der Waals surface area contributed by atoms with Crippen molar-refractivity contribution in [2.45, 2.75) is 32.4 Å². The van der Waals surface area contributed by atoms with Gasteiger partial charge in [-0.05, 0) is 43.9 Å². The first-order valence-corrected chi connectivity index (χ1v) is 10.2. The summed E-state index contributed by atoms with van der Waals surface area (Å²) in [6.07, 6.45) is 4.29. The van der Waals surface area contributed by atoms with E-state index >= 15 is 0 Å². The van der Waals surface area contributed by atoms with Crippen LogP contribution in [0, 0.1) is 35.5 Å². The standard InChI is InChI=1S/C23H23NO5/c1-11(23(28)29-12(2)20(25)13-6-4-3-5-7-13)24-21(26)18-14-8-9-15(17-10-16(14)17)19(18)22(24)27/h3-9,11-12,14-19H,10H2,1-2H3/t11-,12-,14+,15+,16-,17+,18-,19-/m0/s1. The summed E-state index contributed by atoms with van der Waals surface area (Å²) in [5, 5.41) is 0. The van der Waals surface area contributed by atoms with E-state index < -0.39 is 18.1 Å². The van der Waals surface area contributed by atoms with Gasteiger partial charge in [-0.25, -0.2) is 4.79 Å². The van der Waals surface area contributed by atoms with Gasteiger partial charge in [-0.2, -0.15) is 0 Å². The Morgan fingerprint density at radius 2 is 1.52 bits per heavy atom. The zero-order valence-electron chi connectivity index (χ0n) is 16.4. The van der Waals surface area contributed by atoms with Crippen LogP contribution in [0.4, 0.5) is 0 Å². The van der Waals surface area contributed by atoms with Crippen molar-refractivity contribution in [3.05, 3.63) is 48.0 Å². The van der Waals surface area contributed by atoms with Gasteiger partial charge in [-0.1, -0.05) is 42.5 Å². The predicted octanol–water partition coefficient (Wildman–Crippen LogP) is 2.24. The number of benzene rings is 1. The molecule has 6 heteroatoms. The third kappa shape index (κ3) is 2.61. The summed E-state index contributed by atoms with van der Waals surface area (Å²) in [4.78, 5) is 52.4. The maximum atomic E-state index is 13.1. The number of ketones is 1. The van der Waals surface area contributed by atoms with Crippen LogP contribution in [0.2, 0.25) is 0 Å². The van der Waals surface area contributed by atoms with Crippen LogP contribution >= 0.6 is 0 Å². The average molecular weight is 393 g/mol. The van der Waals surface area contributed by atoms with E-state index in [-0.39, 0.29) is 41.3 Å². The second kappa shape index (κ2) is 6.37. The zero-order valence-corrected chi connectivity index (χ0v) is 16.4. The van der Waals surface area contributed by atoms with Crippen LogP contribution < -0.4 is 0 Å². The first-order valence-electron chi connectivity index (χ1n) is 10.2. The molecule has 1 aliphatic heterocycles. The molecule has 150 valence electrons. The SMILES string of the molecule is C[C@H](OC(=O)[C@H](C)N1C(=O)[C@H]2[C@@H]3C=C[C@H]([C@@H]4C[C@H]34)[C@@H]2C1=O)C(=O)c1ccccc1. The highest BCUT2D eigenvalue weighted by Crippen LogP contribution is 2.65. The van der Waals surface area contributed by atoms with Gasteiger partial charge in [-0.3, -0.25) is 19.3 Å². The van der Waals surface area contributed by atoms with Gasteiger partial charge in [0.05, 0.1) is 11.8 Å². The van der Waals surface area contributed by atoms with Crippen molar-refractivity contribution in [3.63, 3.8) is 0 Å². The third-order valence-electron chi connectivity index (χ3n) is 7.15. The number of hydrogen-bond donors (Lipinski definition) is 0. The zero-order chi connectivity index (χ0) is 20.4. The number of allylic oxidation sites excluding steroid dienone is 2. The summed E-state index contributed by atoms with van der Waals surface area (Å²) in [7, 11) is 0. The number of esters is 1. The number of Topliss-reactive ketones (excluding diaryl/α,β-unsaturated/α-hetero) is 1. The minimum absolute atomic E-state index is 0.109. The smallest absolute Gasteiger partial charge is 0.329 e. The van der Waals surface area contributed by atoms with Crippen LogP contribution in [-0.4, -0.2) is 40.6 Å². The van der Waals surface area contributed by atoms with E-state index in [4.69, 9.17) is 4.74 Å². The average Bonchev–Trinajstić information content (AvgIpc) is 3.51. The molecule has 8 atom stereocenters. The van der Waals surface area contributed by atoms with Gasteiger partial charge in [0.2, 0.25) is 17.6 Å². The number of likely N-dealkylation sites (tertiary alicyclic amines) is 1. The van der Waals surface area contributed by atoms with Crippen LogP contribution in [0.1, 0.15) is 30.6 Å². The van der Waals surface area contributed by atoms with E-state index in [0.29, 0.717) is 17.4 Å². The fourth-order valence-electron chi connectivity index (χ4n) is 5.63. The van der Waals surface area contributed by atoms with Crippen molar-refractivity contribution in [2.75, 3.05) is 0 Å². The number of ether oxygens (including phenoxy) is 1. The Bertz CT molecular complexity index is 902. The number of carbonyl (C=O) groups excluding carboxylic acids is 4. The van der Waals surface area contributed by atoms with Crippen molar-refractivity contribution >= 4 is 23.6 Å². The second-order valence-corrected chi connectivity index (χ2v) is 8.69. The fraction of sp³-hybridized carbons (Fsp3) is 0.478. The summed E-state index contributed by atoms with van der Waals surface area (Å²) in [5.41, 5.74) is 0.446. The minimum atomic E-state index is -1.04. The van der Waals surface area contributed by atoms with Crippen molar-refractivity contribution in [2.24, 2.45) is 35.5 Å². The van der Waals surface area contributed by atoms with Crippen LogP contribution in [0.3, 0.4) is 0 Å². The molecule has 6 rings (SSSR count). The Balaban J connectivity index is 1.30. The van der Waals surface area contributed by atoms with Gasteiger partial charge in [-0.15, -0.1) is 0 Å². The van der Waals surface area contributed by atoms with Gasteiger partial charge < -0.3 is 4.74 Å². The van der Waals surface area contributed by atoms with Crippen molar-refractivity contribution in [1.29, 1.82) is 0 Å². The normalized spacial score (nSPS) is 35.7. The summed E-state index contributed by atoms with van der Waals surface area (Å²) < 4.78 is 5.34. The minimum Gasteiger partial charge on any atom is -0.453 e. The molecule has 0 radical (unpaired) electrons. The molecule has 4 aliphatic carbocycles. The lowest BCUT2D eigenvalue weighted by molar-refractivity contribution is -0.160. The Morgan fingerprint density at radius 3 is 2.07 bits per heavy atom. The third-order valence-corrected chi connectivity index (χ3v) is 7.15. The molecule has 1 aromatic rings. The second-order valence-electron chi connectivity index (χ2n) is 8.69. The monoisotopic (exact) mass is 393 g/mol. The van der Waals surface area contributed by atoms with Crippen molar-refractivity contribution in [1.82, 2.24) is 4.90 Å². The summed E-state index contributed by atoms with van der Waals surface area (Å²) in [6.45, 7) is 3.01. The Kier molecular flexibility index (Phi) is 4.02. The number of nitrogens with zero attached hydrogens (tertiary/aromatic N) is 1. The summed E-state index contributed by atoms with van der Waals surface area (Å²) in [5.74, 6) is -1.04. The number of carbonyl (C=O) groups is 4. The number of rotatable bonds is 5. The lowest BCUT2D eigenvalue weighted by atomic mass is 9.63. The Hall–Kier alpha value is -2.76. The molecule has 6 nitrogen and oxygen atoms in total. The largest absolute Gasteiger partial charge is 0.453 e. The lowest BCUT2D eigenvalue weighted by Crippen LogP contribution is -2.46. The molecule has 3 fully saturated rings. The molecular weight excluding hydrogens is 370 g/mol. The maximum Gasteiger partial charge on any atom is 0.329 e. The van der Waals surface area contributed by atoms with E-state index in [1.54, 1.807) is 30.3 Å². The molecule has 2 bridgehead atoms. The van der Waals surface area contributed by atoms with Gasteiger partial charge >= 0.3 is 5.97 Å². The maximum absolute atomic E-state index is 13.1. The molecule has 0 unspecified atom stereocenters. The quantitative estimate of drug-likeness (QED) is 0.332. The first-order chi connectivity index (χ1) is 13.9. The molecule has 0 N–H and O–H groups in total.